The van der Waals surface area contributed by atoms with Gasteiger partial charge in [0.05, 0.1) is 0 Å². The SMILES string of the molecule is NC1CCCC(N2CCC(Cc3ccccc3)CC2)C1. The topological polar surface area (TPSA) is 29.3 Å². The molecule has 0 radical (unpaired) electrons. The van der Waals surface area contributed by atoms with Crippen molar-refractivity contribution in [3.05, 3.63) is 35.9 Å². The van der Waals surface area contributed by atoms with Crippen molar-refractivity contribution in [2.45, 2.75) is 57.0 Å². The Balaban J connectivity index is 1.47. The number of benzene rings is 1. The van der Waals surface area contributed by atoms with Gasteiger partial charge in [0, 0.05) is 12.1 Å². The van der Waals surface area contributed by atoms with E-state index in [0.29, 0.717) is 6.04 Å². The first-order chi connectivity index (χ1) is 9.81. The molecule has 0 aromatic heterocycles. The first kappa shape index (κ1) is 14.1. The molecular formula is C18H28N2. The second-order valence-corrected chi connectivity index (χ2v) is 6.75. The van der Waals surface area contributed by atoms with E-state index in [1.165, 1.54) is 63.6 Å². The molecule has 1 aliphatic carbocycles. The van der Waals surface area contributed by atoms with Gasteiger partial charge in [0.25, 0.3) is 0 Å². The van der Waals surface area contributed by atoms with E-state index in [9.17, 15) is 0 Å². The van der Waals surface area contributed by atoms with Gasteiger partial charge in [-0.05, 0) is 63.1 Å². The zero-order valence-corrected chi connectivity index (χ0v) is 12.5. The van der Waals surface area contributed by atoms with Crippen molar-refractivity contribution in [3.63, 3.8) is 0 Å². The fourth-order valence-electron chi connectivity index (χ4n) is 4.00. The second kappa shape index (κ2) is 6.73. The molecule has 2 N–H and O–H groups in total. The Bertz CT molecular complexity index is 395. The van der Waals surface area contributed by atoms with Crippen LogP contribution in [-0.2, 0) is 6.42 Å². The fourth-order valence-corrected chi connectivity index (χ4v) is 4.00. The largest absolute Gasteiger partial charge is 0.328 e. The molecule has 1 aromatic rings. The number of nitrogens with two attached hydrogens (primary N) is 1. The highest BCUT2D eigenvalue weighted by atomic mass is 15.2. The van der Waals surface area contributed by atoms with E-state index in [0.717, 1.165) is 12.0 Å². The molecule has 1 aromatic carbocycles. The first-order valence-corrected chi connectivity index (χ1v) is 8.35. The van der Waals surface area contributed by atoms with E-state index in [1.54, 1.807) is 0 Å². The summed E-state index contributed by atoms with van der Waals surface area (Å²) in [6.45, 7) is 2.57. The van der Waals surface area contributed by atoms with Crippen LogP contribution in [0, 0.1) is 5.92 Å². The van der Waals surface area contributed by atoms with Crippen LogP contribution >= 0.6 is 0 Å². The van der Waals surface area contributed by atoms with Crippen LogP contribution in [0.4, 0.5) is 0 Å². The van der Waals surface area contributed by atoms with Crippen LogP contribution in [0.15, 0.2) is 30.3 Å². The predicted molar refractivity (Wildman–Crippen MR) is 84.7 cm³/mol. The minimum Gasteiger partial charge on any atom is -0.328 e. The van der Waals surface area contributed by atoms with Gasteiger partial charge in [-0.2, -0.15) is 0 Å². The van der Waals surface area contributed by atoms with E-state index in [4.69, 9.17) is 5.73 Å². The summed E-state index contributed by atoms with van der Waals surface area (Å²) in [6, 6.07) is 12.2. The highest BCUT2D eigenvalue weighted by molar-refractivity contribution is 5.15. The minimum absolute atomic E-state index is 0.454. The molecule has 2 unspecified atom stereocenters. The number of hydrogen-bond acceptors (Lipinski definition) is 2. The molecule has 20 heavy (non-hydrogen) atoms. The molecule has 1 heterocycles. The van der Waals surface area contributed by atoms with Crippen molar-refractivity contribution in [3.8, 4) is 0 Å². The predicted octanol–water partition coefficient (Wildman–Crippen LogP) is 3.21. The average molecular weight is 272 g/mol. The number of likely N-dealkylation sites (tertiary alicyclic amines) is 1. The van der Waals surface area contributed by atoms with E-state index in [2.05, 4.69) is 35.2 Å². The summed E-state index contributed by atoms with van der Waals surface area (Å²) in [7, 11) is 0. The Morgan fingerprint density at radius 1 is 1.00 bits per heavy atom. The molecule has 0 spiro atoms. The summed E-state index contributed by atoms with van der Waals surface area (Å²) < 4.78 is 0. The molecule has 1 saturated heterocycles. The maximum atomic E-state index is 6.13. The van der Waals surface area contributed by atoms with Gasteiger partial charge in [-0.15, -0.1) is 0 Å². The zero-order valence-electron chi connectivity index (χ0n) is 12.5. The summed E-state index contributed by atoms with van der Waals surface area (Å²) in [4.78, 5) is 2.72. The smallest absolute Gasteiger partial charge is 0.0110 e. The number of rotatable bonds is 3. The standard InChI is InChI=1S/C18H28N2/c19-17-7-4-8-18(14-17)20-11-9-16(10-12-20)13-15-5-2-1-3-6-15/h1-3,5-6,16-18H,4,7-14,19H2. The van der Waals surface area contributed by atoms with Crippen LogP contribution in [-0.4, -0.2) is 30.1 Å². The van der Waals surface area contributed by atoms with Gasteiger partial charge in [0.2, 0.25) is 0 Å². The summed E-state index contributed by atoms with van der Waals surface area (Å²) in [5, 5.41) is 0. The number of nitrogens with zero attached hydrogens (tertiary/aromatic N) is 1. The van der Waals surface area contributed by atoms with Crippen LogP contribution in [0.5, 0.6) is 0 Å². The lowest BCUT2D eigenvalue weighted by Gasteiger charge is -2.40. The Morgan fingerprint density at radius 2 is 1.75 bits per heavy atom. The zero-order chi connectivity index (χ0) is 13.8. The lowest BCUT2D eigenvalue weighted by molar-refractivity contribution is 0.101. The van der Waals surface area contributed by atoms with Crippen molar-refractivity contribution in [1.29, 1.82) is 0 Å². The van der Waals surface area contributed by atoms with E-state index in [1.807, 2.05) is 0 Å². The fraction of sp³-hybridized carbons (Fsp3) is 0.667. The number of piperidine rings is 1. The quantitative estimate of drug-likeness (QED) is 0.915. The Morgan fingerprint density at radius 3 is 2.45 bits per heavy atom. The summed E-state index contributed by atoms with van der Waals surface area (Å²) in [6.07, 6.45) is 9.15. The molecular weight excluding hydrogens is 244 g/mol. The molecule has 1 saturated carbocycles. The second-order valence-electron chi connectivity index (χ2n) is 6.75. The van der Waals surface area contributed by atoms with Crippen molar-refractivity contribution in [2.24, 2.45) is 11.7 Å². The van der Waals surface area contributed by atoms with Crippen molar-refractivity contribution in [2.75, 3.05) is 13.1 Å². The molecule has 2 heteroatoms. The van der Waals surface area contributed by atoms with E-state index < -0.39 is 0 Å². The normalized spacial score (nSPS) is 29.4. The highest BCUT2D eigenvalue weighted by Crippen LogP contribution is 2.28. The van der Waals surface area contributed by atoms with Crippen molar-refractivity contribution in [1.82, 2.24) is 4.90 Å². The van der Waals surface area contributed by atoms with Crippen LogP contribution in [0.3, 0.4) is 0 Å². The van der Waals surface area contributed by atoms with Gasteiger partial charge in [0.1, 0.15) is 0 Å². The molecule has 0 amide bonds. The Labute approximate surface area is 123 Å². The molecule has 2 aliphatic rings. The maximum Gasteiger partial charge on any atom is 0.0110 e. The Kier molecular flexibility index (Phi) is 4.74. The first-order valence-electron chi connectivity index (χ1n) is 8.35. The van der Waals surface area contributed by atoms with E-state index in [-0.39, 0.29) is 0 Å². The van der Waals surface area contributed by atoms with E-state index >= 15 is 0 Å². The van der Waals surface area contributed by atoms with Gasteiger partial charge in [-0.3, -0.25) is 0 Å². The molecule has 2 fully saturated rings. The third-order valence-electron chi connectivity index (χ3n) is 5.22. The Hall–Kier alpha value is -0.860. The van der Waals surface area contributed by atoms with Gasteiger partial charge in [-0.25, -0.2) is 0 Å². The van der Waals surface area contributed by atoms with Gasteiger partial charge in [0.15, 0.2) is 0 Å². The summed E-state index contributed by atoms with van der Waals surface area (Å²) in [5.74, 6) is 0.880. The van der Waals surface area contributed by atoms with Gasteiger partial charge < -0.3 is 10.6 Å². The summed E-state index contributed by atoms with van der Waals surface area (Å²) in [5.41, 5.74) is 7.64. The van der Waals surface area contributed by atoms with Gasteiger partial charge >= 0.3 is 0 Å². The van der Waals surface area contributed by atoms with Gasteiger partial charge in [-0.1, -0.05) is 36.8 Å². The monoisotopic (exact) mass is 272 g/mol. The third-order valence-corrected chi connectivity index (χ3v) is 5.22. The van der Waals surface area contributed by atoms with Crippen LogP contribution < -0.4 is 5.73 Å². The molecule has 110 valence electrons. The lowest BCUT2D eigenvalue weighted by atomic mass is 9.86. The minimum atomic E-state index is 0.454. The molecule has 3 rings (SSSR count). The third kappa shape index (κ3) is 3.62. The summed E-state index contributed by atoms with van der Waals surface area (Å²) >= 11 is 0. The molecule has 2 nitrogen and oxygen atoms in total. The molecule has 2 atom stereocenters. The van der Waals surface area contributed by atoms with Crippen molar-refractivity contribution < 1.29 is 0 Å². The van der Waals surface area contributed by atoms with Crippen LogP contribution in [0.2, 0.25) is 0 Å². The van der Waals surface area contributed by atoms with Crippen LogP contribution in [0.25, 0.3) is 0 Å². The maximum absolute atomic E-state index is 6.13. The average Bonchev–Trinajstić information content (AvgIpc) is 2.49. The lowest BCUT2D eigenvalue weighted by Crippen LogP contribution is -2.46. The highest BCUT2D eigenvalue weighted by Gasteiger charge is 2.28. The number of hydrogen-bond donors (Lipinski definition) is 1. The van der Waals surface area contributed by atoms with Crippen molar-refractivity contribution >= 4 is 0 Å². The van der Waals surface area contributed by atoms with Crippen LogP contribution in [0.1, 0.15) is 44.1 Å². The molecule has 0 bridgehead atoms. The molecule has 1 aliphatic heterocycles.